The number of nitrogens with two attached hydrogens (primary N) is 1. The summed E-state index contributed by atoms with van der Waals surface area (Å²) < 4.78 is 0. The van der Waals surface area contributed by atoms with Gasteiger partial charge in [-0.15, -0.1) is 0 Å². The minimum Gasteiger partial charge on any atom is -0.480 e. The molecule has 4 amide bonds. The van der Waals surface area contributed by atoms with Crippen molar-refractivity contribution in [3.05, 3.63) is 0 Å². The number of hydrogen-bond donors (Lipinski definition) is 6. The number of carboxylic acids is 1. The Morgan fingerprint density at radius 3 is 1.97 bits per heavy atom. The molecule has 0 saturated carbocycles. The van der Waals surface area contributed by atoms with E-state index >= 15 is 0 Å². The number of hydrogen-bond acceptors (Lipinski definition) is 8. The molecule has 4 unspecified atom stereocenters. The van der Waals surface area contributed by atoms with Crippen LogP contribution < -0.4 is 27.0 Å². The van der Waals surface area contributed by atoms with Crippen molar-refractivity contribution in [3.63, 3.8) is 0 Å². The highest BCUT2D eigenvalue weighted by Gasteiger charge is 2.31. The van der Waals surface area contributed by atoms with Gasteiger partial charge in [-0.1, -0.05) is 0 Å². The lowest BCUT2D eigenvalue weighted by atomic mass is 10.1. The fraction of sp³-hybridized carbons (Fsp3) is 0.750. The first kappa shape index (κ1) is 29.0. The first-order valence-corrected chi connectivity index (χ1v) is 13.6. The summed E-state index contributed by atoms with van der Waals surface area (Å²) in [5.41, 5.74) is 5.20. The molecule has 1 rings (SSSR count). The second kappa shape index (κ2) is 15.8. The third-order valence-corrected chi connectivity index (χ3v) is 6.45. The van der Waals surface area contributed by atoms with E-state index < -0.39 is 41.8 Å². The smallest absolute Gasteiger partial charge is 0.326 e. The lowest BCUT2D eigenvalue weighted by molar-refractivity contribution is -0.142. The maximum Gasteiger partial charge on any atom is 0.326 e. The van der Waals surface area contributed by atoms with Crippen molar-refractivity contribution in [1.82, 2.24) is 21.3 Å². The third-order valence-electron chi connectivity index (χ3n) is 5.16. The van der Waals surface area contributed by atoms with Crippen LogP contribution in [-0.2, 0) is 24.0 Å². The van der Waals surface area contributed by atoms with Crippen LogP contribution in [0.2, 0.25) is 0 Å². The first-order chi connectivity index (χ1) is 15.7. The number of rotatable bonds is 16. The van der Waals surface area contributed by atoms with Crippen molar-refractivity contribution in [3.8, 4) is 0 Å². The van der Waals surface area contributed by atoms with Gasteiger partial charge in [0, 0.05) is 6.42 Å². The molecule has 13 heteroatoms. The number of carbonyl (C=O) groups is 5. The Labute approximate surface area is 202 Å². The van der Waals surface area contributed by atoms with E-state index in [1.54, 1.807) is 0 Å². The largest absolute Gasteiger partial charge is 0.480 e. The van der Waals surface area contributed by atoms with Crippen LogP contribution in [0.3, 0.4) is 0 Å². The fourth-order valence-corrected chi connectivity index (χ4v) is 4.22. The topological polar surface area (TPSA) is 180 Å². The molecular weight excluding hydrogens is 470 g/mol. The molecule has 0 bridgehead atoms. The van der Waals surface area contributed by atoms with Gasteiger partial charge >= 0.3 is 5.97 Å². The van der Waals surface area contributed by atoms with Crippen molar-refractivity contribution in [2.75, 3.05) is 30.6 Å². The van der Waals surface area contributed by atoms with Gasteiger partial charge in [0.1, 0.15) is 18.1 Å². The van der Waals surface area contributed by atoms with Gasteiger partial charge in [-0.25, -0.2) is 4.79 Å². The molecule has 1 aliphatic heterocycles. The van der Waals surface area contributed by atoms with E-state index in [4.69, 9.17) is 5.73 Å². The van der Waals surface area contributed by atoms with Crippen LogP contribution in [-0.4, -0.2) is 89.4 Å². The van der Waals surface area contributed by atoms with Gasteiger partial charge in [0.25, 0.3) is 0 Å². The van der Waals surface area contributed by atoms with E-state index in [1.807, 2.05) is 12.5 Å². The molecule has 11 nitrogen and oxygen atoms in total. The number of nitrogens with one attached hydrogen (secondary N) is 4. The second-order valence-corrected chi connectivity index (χ2v) is 9.71. The molecule has 0 aromatic rings. The molecule has 1 fully saturated rings. The summed E-state index contributed by atoms with van der Waals surface area (Å²) in [6, 6.07) is -3.53. The van der Waals surface area contributed by atoms with E-state index in [0.717, 1.165) is 13.0 Å². The Morgan fingerprint density at radius 2 is 1.48 bits per heavy atom. The van der Waals surface area contributed by atoms with E-state index in [2.05, 4.69) is 21.3 Å². The molecular formula is C20H35N5O6S2. The molecule has 33 heavy (non-hydrogen) atoms. The van der Waals surface area contributed by atoms with Crippen molar-refractivity contribution in [2.45, 2.75) is 62.7 Å². The predicted octanol–water partition coefficient (Wildman–Crippen LogP) is -0.951. The van der Waals surface area contributed by atoms with Crippen molar-refractivity contribution in [2.24, 2.45) is 5.73 Å². The fourth-order valence-electron chi connectivity index (χ4n) is 3.28. The Kier molecular flexibility index (Phi) is 13.9. The SMILES string of the molecule is CSCCC(NC(=O)C(CCC(N)=O)NC(=O)C(CCSC)NC(=O)C1CCCN1)C(=O)O. The summed E-state index contributed by atoms with van der Waals surface area (Å²) in [6.45, 7) is 0.733. The normalized spacial score (nSPS) is 18.1. The zero-order valence-corrected chi connectivity index (χ0v) is 20.7. The quantitative estimate of drug-likeness (QED) is 0.154. The van der Waals surface area contributed by atoms with Crippen LogP contribution in [0.15, 0.2) is 0 Å². The molecule has 0 aromatic heterocycles. The average molecular weight is 506 g/mol. The Hall–Kier alpha value is -1.99. The maximum absolute atomic E-state index is 13.0. The standard InChI is InChI=1S/C20H35N5O6S2/c1-32-10-7-14(24-17(27)12-4-3-9-22-12)19(29)23-13(5-6-16(21)26)18(28)25-15(20(30)31)8-11-33-2/h12-15,22H,3-11H2,1-2H3,(H2,21,26)(H,23,29)(H,24,27)(H,25,28)(H,30,31). The Morgan fingerprint density at radius 1 is 0.939 bits per heavy atom. The van der Waals surface area contributed by atoms with Gasteiger partial charge in [-0.05, 0) is 62.7 Å². The lowest BCUT2D eigenvalue weighted by Gasteiger charge is -2.25. The van der Waals surface area contributed by atoms with E-state index in [0.29, 0.717) is 24.3 Å². The minimum atomic E-state index is -1.19. The predicted molar refractivity (Wildman–Crippen MR) is 129 cm³/mol. The van der Waals surface area contributed by atoms with Gasteiger partial charge in [0.05, 0.1) is 6.04 Å². The molecule has 1 aliphatic rings. The molecule has 188 valence electrons. The maximum atomic E-state index is 13.0. The Bertz CT molecular complexity index is 690. The zero-order valence-electron chi connectivity index (χ0n) is 19.1. The van der Waals surface area contributed by atoms with Gasteiger partial charge in [-0.2, -0.15) is 23.5 Å². The summed E-state index contributed by atoms with van der Waals surface area (Å²) >= 11 is 2.95. The number of amides is 4. The van der Waals surface area contributed by atoms with Crippen LogP contribution in [0.1, 0.15) is 38.5 Å². The second-order valence-electron chi connectivity index (χ2n) is 7.74. The van der Waals surface area contributed by atoms with E-state index in [9.17, 15) is 29.1 Å². The average Bonchev–Trinajstić information content (AvgIpc) is 3.31. The number of primary amides is 1. The van der Waals surface area contributed by atoms with Gasteiger partial charge in [-0.3, -0.25) is 19.2 Å². The van der Waals surface area contributed by atoms with Crippen molar-refractivity contribution < 1.29 is 29.1 Å². The van der Waals surface area contributed by atoms with Gasteiger partial charge < -0.3 is 32.1 Å². The van der Waals surface area contributed by atoms with Crippen molar-refractivity contribution >= 4 is 53.1 Å². The van der Waals surface area contributed by atoms with Crippen LogP contribution >= 0.6 is 23.5 Å². The molecule has 0 aromatic carbocycles. The summed E-state index contributed by atoms with van der Waals surface area (Å²) in [4.78, 5) is 61.0. The number of thioether (sulfide) groups is 2. The number of aliphatic carboxylic acids is 1. The summed E-state index contributed by atoms with van der Waals surface area (Å²) in [5.74, 6) is -2.29. The van der Waals surface area contributed by atoms with Gasteiger partial charge in [0.15, 0.2) is 0 Å². The molecule has 0 radical (unpaired) electrons. The summed E-state index contributed by atoms with van der Waals surface area (Å²) in [6.07, 6.45) is 5.54. The molecule has 1 saturated heterocycles. The minimum absolute atomic E-state index is 0.0881. The lowest BCUT2D eigenvalue weighted by Crippen LogP contribution is -2.57. The highest BCUT2D eigenvalue weighted by molar-refractivity contribution is 7.98. The van der Waals surface area contributed by atoms with Gasteiger partial charge in [0.2, 0.25) is 23.6 Å². The highest BCUT2D eigenvalue weighted by atomic mass is 32.2. The summed E-state index contributed by atoms with van der Waals surface area (Å²) in [7, 11) is 0. The molecule has 0 spiro atoms. The molecule has 1 heterocycles. The van der Waals surface area contributed by atoms with Crippen molar-refractivity contribution in [1.29, 1.82) is 0 Å². The molecule has 0 aliphatic carbocycles. The van der Waals surface area contributed by atoms with E-state index in [-0.39, 0.29) is 31.2 Å². The van der Waals surface area contributed by atoms with E-state index in [1.165, 1.54) is 23.5 Å². The zero-order chi connectivity index (χ0) is 24.8. The number of carboxylic acid groups (broad SMARTS) is 1. The number of carbonyl (C=O) groups excluding carboxylic acids is 4. The summed E-state index contributed by atoms with van der Waals surface area (Å²) in [5, 5.41) is 20.2. The van der Waals surface area contributed by atoms with Crippen LogP contribution in [0, 0.1) is 0 Å². The molecule has 4 atom stereocenters. The molecule has 7 N–H and O–H groups in total. The first-order valence-electron chi connectivity index (χ1n) is 10.8. The Balaban J connectivity index is 2.90. The van der Waals surface area contributed by atoms with Crippen LogP contribution in [0.4, 0.5) is 0 Å². The van der Waals surface area contributed by atoms with Crippen LogP contribution in [0.25, 0.3) is 0 Å². The third kappa shape index (κ3) is 11.1. The van der Waals surface area contributed by atoms with Crippen LogP contribution in [0.5, 0.6) is 0 Å². The monoisotopic (exact) mass is 505 g/mol. The highest BCUT2D eigenvalue weighted by Crippen LogP contribution is 2.09.